The van der Waals surface area contributed by atoms with Crippen molar-refractivity contribution in [3.05, 3.63) is 35.4 Å². The van der Waals surface area contributed by atoms with Gasteiger partial charge in [0.2, 0.25) is 0 Å². The second kappa shape index (κ2) is 6.19. The van der Waals surface area contributed by atoms with Crippen LogP contribution >= 0.6 is 0 Å². The first kappa shape index (κ1) is 18.4. The molecule has 0 aliphatic carbocycles. The number of nitrogen functional groups attached to an aromatic ring is 1. The molecule has 1 aromatic rings. The Morgan fingerprint density at radius 3 is 2.32 bits per heavy atom. The lowest BCUT2D eigenvalue weighted by Gasteiger charge is -2.23. The predicted octanol–water partition coefficient (Wildman–Crippen LogP) is 1.08. The number of hydrogen-bond acceptors (Lipinski definition) is 5. The van der Waals surface area contributed by atoms with Gasteiger partial charge in [-0.2, -0.15) is 0 Å². The SMILES string of the molecule is CC(C)(C)OC(=O)CN1C(=O)NC(C)(c2ccc(C(=N)N)cc2)C1=O. The molecule has 2 rings (SSSR count). The molecule has 0 radical (unpaired) electrons. The van der Waals surface area contributed by atoms with Crippen LogP contribution in [0.1, 0.15) is 38.8 Å². The zero-order valence-corrected chi connectivity index (χ0v) is 14.7. The van der Waals surface area contributed by atoms with Crippen LogP contribution in [0.3, 0.4) is 0 Å². The predicted molar refractivity (Wildman–Crippen MR) is 90.9 cm³/mol. The molecule has 0 saturated carbocycles. The number of nitrogens with zero attached hydrogens (tertiary/aromatic N) is 1. The largest absolute Gasteiger partial charge is 0.459 e. The van der Waals surface area contributed by atoms with Crippen LogP contribution in [0, 0.1) is 5.41 Å². The van der Waals surface area contributed by atoms with Crippen LogP contribution in [0.5, 0.6) is 0 Å². The summed E-state index contributed by atoms with van der Waals surface area (Å²) in [5.41, 5.74) is 4.45. The van der Waals surface area contributed by atoms with Crippen molar-refractivity contribution < 1.29 is 19.1 Å². The number of carbonyl (C=O) groups is 3. The number of nitrogens with one attached hydrogen (secondary N) is 2. The second-order valence-electron chi connectivity index (χ2n) is 7.02. The number of urea groups is 1. The standard InChI is InChI=1S/C17H22N4O4/c1-16(2,3)25-12(22)9-21-14(23)17(4,20-15(21)24)11-7-5-10(6-8-11)13(18)19/h5-8H,9H2,1-4H3,(H3,18,19)(H,20,24). The van der Waals surface area contributed by atoms with Gasteiger partial charge in [-0.1, -0.05) is 24.3 Å². The number of amides is 3. The maximum absolute atomic E-state index is 12.7. The summed E-state index contributed by atoms with van der Waals surface area (Å²) >= 11 is 0. The summed E-state index contributed by atoms with van der Waals surface area (Å²) < 4.78 is 5.16. The molecule has 1 saturated heterocycles. The first-order chi connectivity index (χ1) is 11.4. The Kier molecular flexibility index (Phi) is 4.57. The minimum absolute atomic E-state index is 0.0926. The highest BCUT2D eigenvalue weighted by atomic mass is 16.6. The Morgan fingerprint density at radius 2 is 1.84 bits per heavy atom. The lowest BCUT2D eigenvalue weighted by molar-refractivity contribution is -0.157. The number of rotatable bonds is 4. The van der Waals surface area contributed by atoms with Crippen molar-refractivity contribution in [3.8, 4) is 0 Å². The number of imide groups is 1. The monoisotopic (exact) mass is 346 g/mol. The highest BCUT2D eigenvalue weighted by Gasteiger charge is 2.49. The summed E-state index contributed by atoms with van der Waals surface area (Å²) in [6, 6.07) is 5.77. The Morgan fingerprint density at radius 1 is 1.28 bits per heavy atom. The van der Waals surface area contributed by atoms with Gasteiger partial charge >= 0.3 is 12.0 Å². The molecule has 0 bridgehead atoms. The number of nitrogens with two attached hydrogens (primary N) is 1. The molecule has 134 valence electrons. The van der Waals surface area contributed by atoms with Gasteiger partial charge in [0.25, 0.3) is 5.91 Å². The summed E-state index contributed by atoms with van der Waals surface area (Å²) in [5.74, 6) is -1.30. The molecule has 1 unspecified atom stereocenters. The van der Waals surface area contributed by atoms with Crippen molar-refractivity contribution in [2.24, 2.45) is 5.73 Å². The number of benzene rings is 1. The maximum atomic E-state index is 12.7. The Hall–Kier alpha value is -2.90. The van der Waals surface area contributed by atoms with Crippen LogP contribution in [-0.2, 0) is 19.9 Å². The average Bonchev–Trinajstić information content (AvgIpc) is 2.70. The van der Waals surface area contributed by atoms with Gasteiger partial charge in [0, 0.05) is 5.56 Å². The topological polar surface area (TPSA) is 126 Å². The van der Waals surface area contributed by atoms with E-state index in [4.69, 9.17) is 15.9 Å². The van der Waals surface area contributed by atoms with E-state index < -0.39 is 35.6 Å². The summed E-state index contributed by atoms with van der Waals surface area (Å²) in [4.78, 5) is 37.7. The van der Waals surface area contributed by atoms with E-state index in [1.54, 1.807) is 52.0 Å². The third kappa shape index (κ3) is 3.78. The molecule has 1 heterocycles. The molecule has 1 aliphatic heterocycles. The summed E-state index contributed by atoms with van der Waals surface area (Å²) in [5, 5.41) is 10.0. The zero-order chi connectivity index (χ0) is 19.0. The van der Waals surface area contributed by atoms with E-state index >= 15 is 0 Å². The van der Waals surface area contributed by atoms with Crippen molar-refractivity contribution in [2.75, 3.05) is 6.54 Å². The van der Waals surface area contributed by atoms with Gasteiger partial charge in [0.05, 0.1) is 0 Å². The molecule has 25 heavy (non-hydrogen) atoms. The zero-order valence-electron chi connectivity index (χ0n) is 14.7. The summed E-state index contributed by atoms with van der Waals surface area (Å²) in [7, 11) is 0. The van der Waals surface area contributed by atoms with E-state index in [1.807, 2.05) is 0 Å². The number of amidine groups is 1. The van der Waals surface area contributed by atoms with Crippen LogP contribution in [0.25, 0.3) is 0 Å². The van der Waals surface area contributed by atoms with Crippen molar-refractivity contribution in [2.45, 2.75) is 38.8 Å². The van der Waals surface area contributed by atoms with Crippen LogP contribution in [-0.4, -0.2) is 40.8 Å². The van der Waals surface area contributed by atoms with Crippen LogP contribution < -0.4 is 11.1 Å². The molecule has 1 aliphatic rings. The Bertz CT molecular complexity index is 736. The lowest BCUT2D eigenvalue weighted by atomic mass is 9.91. The van der Waals surface area contributed by atoms with Crippen molar-refractivity contribution in [1.82, 2.24) is 10.2 Å². The smallest absolute Gasteiger partial charge is 0.326 e. The molecule has 1 atom stereocenters. The number of carbonyl (C=O) groups excluding carboxylic acids is 3. The lowest BCUT2D eigenvalue weighted by Crippen LogP contribution is -2.42. The third-order valence-corrected chi connectivity index (χ3v) is 3.76. The highest BCUT2D eigenvalue weighted by molar-refractivity contribution is 6.09. The van der Waals surface area contributed by atoms with E-state index in [1.165, 1.54) is 0 Å². The maximum Gasteiger partial charge on any atom is 0.326 e. The molecule has 8 heteroatoms. The molecular weight excluding hydrogens is 324 g/mol. The van der Waals surface area contributed by atoms with Gasteiger partial charge in [-0.25, -0.2) is 4.79 Å². The van der Waals surface area contributed by atoms with E-state index in [-0.39, 0.29) is 5.84 Å². The molecule has 3 amide bonds. The first-order valence-corrected chi connectivity index (χ1v) is 7.75. The fourth-order valence-corrected chi connectivity index (χ4v) is 2.52. The van der Waals surface area contributed by atoms with Crippen LogP contribution in [0.15, 0.2) is 24.3 Å². The first-order valence-electron chi connectivity index (χ1n) is 7.75. The van der Waals surface area contributed by atoms with Gasteiger partial charge in [0.1, 0.15) is 23.5 Å². The van der Waals surface area contributed by atoms with Crippen molar-refractivity contribution in [1.29, 1.82) is 5.41 Å². The molecule has 8 nitrogen and oxygen atoms in total. The van der Waals surface area contributed by atoms with Crippen LogP contribution in [0.2, 0.25) is 0 Å². The van der Waals surface area contributed by atoms with E-state index in [9.17, 15) is 14.4 Å². The quantitative estimate of drug-likeness (QED) is 0.325. The molecule has 1 aromatic carbocycles. The summed E-state index contributed by atoms with van der Waals surface area (Å²) in [6.45, 7) is 6.22. The van der Waals surface area contributed by atoms with E-state index in [0.717, 1.165) is 4.90 Å². The normalized spacial score (nSPS) is 20.4. The second-order valence-corrected chi connectivity index (χ2v) is 7.02. The number of esters is 1. The highest BCUT2D eigenvalue weighted by Crippen LogP contribution is 2.29. The van der Waals surface area contributed by atoms with Gasteiger partial charge < -0.3 is 15.8 Å². The molecule has 0 spiro atoms. The fourth-order valence-electron chi connectivity index (χ4n) is 2.52. The van der Waals surface area contributed by atoms with Crippen molar-refractivity contribution >= 4 is 23.7 Å². The van der Waals surface area contributed by atoms with Gasteiger partial charge in [-0.05, 0) is 33.3 Å². The third-order valence-electron chi connectivity index (χ3n) is 3.76. The molecule has 1 fully saturated rings. The summed E-state index contributed by atoms with van der Waals surface area (Å²) in [6.07, 6.45) is 0. The van der Waals surface area contributed by atoms with Gasteiger partial charge in [-0.3, -0.25) is 19.9 Å². The fraction of sp³-hybridized carbons (Fsp3) is 0.412. The van der Waals surface area contributed by atoms with Crippen molar-refractivity contribution in [3.63, 3.8) is 0 Å². The van der Waals surface area contributed by atoms with Gasteiger partial charge in [0.15, 0.2) is 0 Å². The minimum atomic E-state index is -1.30. The van der Waals surface area contributed by atoms with Gasteiger partial charge in [-0.15, -0.1) is 0 Å². The minimum Gasteiger partial charge on any atom is -0.459 e. The molecule has 4 N–H and O–H groups in total. The Labute approximate surface area is 145 Å². The van der Waals surface area contributed by atoms with E-state index in [0.29, 0.717) is 11.1 Å². The molecule has 0 aromatic heterocycles. The number of hydrogen-bond donors (Lipinski definition) is 3. The molecular formula is C17H22N4O4. The average molecular weight is 346 g/mol. The Balaban J connectivity index is 2.21. The number of ether oxygens (including phenoxy) is 1. The van der Waals surface area contributed by atoms with E-state index in [2.05, 4.69) is 5.32 Å². The van der Waals surface area contributed by atoms with Crippen LogP contribution in [0.4, 0.5) is 4.79 Å².